The summed E-state index contributed by atoms with van der Waals surface area (Å²) in [6, 6.07) is -0.421. The van der Waals surface area contributed by atoms with Crippen LogP contribution in [0.2, 0.25) is 0 Å². The van der Waals surface area contributed by atoms with Crippen molar-refractivity contribution < 1.29 is 4.79 Å². The highest BCUT2D eigenvalue weighted by Gasteiger charge is 1.88. The van der Waals surface area contributed by atoms with E-state index in [1.54, 1.807) is 0 Å². The van der Waals surface area contributed by atoms with Crippen molar-refractivity contribution in [1.29, 1.82) is 0 Å². The van der Waals surface area contributed by atoms with Crippen LogP contribution in [0.3, 0.4) is 0 Å². The minimum absolute atomic E-state index is 0.359. The van der Waals surface area contributed by atoms with E-state index in [2.05, 4.69) is 24.0 Å². The van der Waals surface area contributed by atoms with Crippen LogP contribution in [0.4, 0.5) is 4.79 Å². The summed E-state index contributed by atoms with van der Waals surface area (Å²) in [4.78, 5) is 13.1. The Morgan fingerprint density at radius 1 is 2.00 bits per heavy atom. The second-order valence-electron chi connectivity index (χ2n) is 0.890. The Morgan fingerprint density at radius 2 is 2.57 bits per heavy atom. The zero-order valence-electron chi connectivity index (χ0n) is 3.98. The van der Waals surface area contributed by atoms with Crippen LogP contribution in [0.5, 0.6) is 0 Å². The van der Waals surface area contributed by atoms with Crippen LogP contribution in [0, 0.1) is 6.92 Å². The molecule has 0 bridgehead atoms. The van der Waals surface area contributed by atoms with Gasteiger partial charge in [-0.15, -0.1) is 0 Å². The lowest BCUT2D eigenvalue weighted by Crippen LogP contribution is -2.17. The second-order valence-corrected chi connectivity index (χ2v) is 0.890. The van der Waals surface area contributed by atoms with Crippen molar-refractivity contribution in [2.45, 2.75) is 0 Å². The van der Waals surface area contributed by atoms with Gasteiger partial charge in [0.2, 0.25) is 0 Å². The SMILES string of the molecule is C=NC(=O)NC[CH2+]. The first-order valence-electron chi connectivity index (χ1n) is 1.85. The number of rotatable bonds is 1. The molecule has 0 aliphatic heterocycles. The molecule has 0 atom stereocenters. The first-order valence-corrected chi connectivity index (χ1v) is 1.85. The number of carbonyl (C=O) groups is 1. The molecule has 0 saturated carbocycles. The summed E-state index contributed by atoms with van der Waals surface area (Å²) in [5.41, 5.74) is 0. The molecule has 3 heteroatoms. The van der Waals surface area contributed by atoms with Gasteiger partial charge in [-0.2, -0.15) is 0 Å². The summed E-state index contributed by atoms with van der Waals surface area (Å²) in [7, 11) is 0. The molecule has 0 spiro atoms. The first-order chi connectivity index (χ1) is 3.31. The topological polar surface area (TPSA) is 41.5 Å². The molecule has 0 aromatic rings. The standard InChI is InChI=1S/C4H6N2O/c1-3-6-4(7)5-2/h1-3H2/p+1. The molecule has 2 amide bonds. The van der Waals surface area contributed by atoms with Gasteiger partial charge in [0, 0.05) is 0 Å². The maximum absolute atomic E-state index is 10.0. The number of hydrogen-bond donors (Lipinski definition) is 1. The number of amides is 2. The molecule has 0 fully saturated rings. The molecule has 0 radical (unpaired) electrons. The van der Waals surface area contributed by atoms with Gasteiger partial charge in [-0.05, 0) is 6.72 Å². The molecule has 1 N–H and O–H groups in total. The fourth-order valence-corrected chi connectivity index (χ4v) is 0.163. The highest BCUT2D eigenvalue weighted by Crippen LogP contribution is 1.65. The fraction of sp³-hybridized carbons (Fsp3) is 0.250. The molecule has 38 valence electrons. The van der Waals surface area contributed by atoms with Gasteiger partial charge in [0.25, 0.3) is 0 Å². The fourth-order valence-electron chi connectivity index (χ4n) is 0.163. The van der Waals surface area contributed by atoms with Gasteiger partial charge in [0.05, 0.1) is 6.92 Å². The third-order valence-electron chi connectivity index (χ3n) is 0.420. The van der Waals surface area contributed by atoms with E-state index in [-0.39, 0.29) is 0 Å². The molecule has 0 aromatic heterocycles. The van der Waals surface area contributed by atoms with Gasteiger partial charge in [0.1, 0.15) is 0 Å². The Kier molecular flexibility index (Phi) is 2.76. The maximum Gasteiger partial charge on any atom is 0.343 e. The molecule has 3 nitrogen and oxygen atoms in total. The predicted octanol–water partition coefficient (Wildman–Crippen LogP) is 0.231. The van der Waals surface area contributed by atoms with Crippen LogP contribution in [-0.2, 0) is 0 Å². The lowest BCUT2D eigenvalue weighted by atomic mass is 10.7. The van der Waals surface area contributed by atoms with Gasteiger partial charge < -0.3 is 0 Å². The smallest absolute Gasteiger partial charge is 0.298 e. The normalized spacial score (nSPS) is 7.43. The van der Waals surface area contributed by atoms with E-state index in [1.165, 1.54) is 0 Å². The van der Waals surface area contributed by atoms with Crippen molar-refractivity contribution >= 4 is 12.7 Å². The molecule has 0 rings (SSSR count). The number of carbonyl (C=O) groups excluding carboxylic acids is 1. The summed E-state index contributed by atoms with van der Waals surface area (Å²) >= 11 is 0. The van der Waals surface area contributed by atoms with Crippen molar-refractivity contribution in [3.8, 4) is 0 Å². The van der Waals surface area contributed by atoms with Crippen LogP contribution < -0.4 is 5.32 Å². The lowest BCUT2D eigenvalue weighted by molar-refractivity contribution is 0.250. The lowest BCUT2D eigenvalue weighted by Gasteiger charge is -1.84. The molecule has 0 saturated heterocycles. The van der Waals surface area contributed by atoms with Crippen molar-refractivity contribution in [2.75, 3.05) is 6.54 Å². The largest absolute Gasteiger partial charge is 0.343 e. The van der Waals surface area contributed by atoms with Gasteiger partial charge in [0.15, 0.2) is 6.54 Å². The Hall–Kier alpha value is -0.990. The first kappa shape index (κ1) is 6.01. The average Bonchev–Trinajstić information content (AvgIpc) is 1.68. The van der Waals surface area contributed by atoms with Gasteiger partial charge in [-0.3, -0.25) is 5.32 Å². The van der Waals surface area contributed by atoms with Crippen molar-refractivity contribution in [3.63, 3.8) is 0 Å². The third kappa shape index (κ3) is 2.82. The van der Waals surface area contributed by atoms with Gasteiger partial charge in [-0.25, -0.2) is 9.79 Å². The van der Waals surface area contributed by atoms with Gasteiger partial charge >= 0.3 is 6.03 Å². The predicted molar refractivity (Wildman–Crippen MR) is 28.3 cm³/mol. The van der Waals surface area contributed by atoms with Gasteiger partial charge in [-0.1, -0.05) is 0 Å². The van der Waals surface area contributed by atoms with Crippen LogP contribution in [0.25, 0.3) is 0 Å². The Balaban J connectivity index is 3.17. The quantitative estimate of drug-likeness (QED) is 0.371. The van der Waals surface area contributed by atoms with E-state index in [1.807, 2.05) is 0 Å². The zero-order valence-corrected chi connectivity index (χ0v) is 3.98. The number of urea groups is 1. The van der Waals surface area contributed by atoms with E-state index < -0.39 is 6.03 Å². The molecule has 0 heterocycles. The third-order valence-corrected chi connectivity index (χ3v) is 0.420. The van der Waals surface area contributed by atoms with E-state index in [0.29, 0.717) is 6.54 Å². The van der Waals surface area contributed by atoms with Crippen LogP contribution >= 0.6 is 0 Å². The monoisotopic (exact) mass is 99.1 g/mol. The maximum atomic E-state index is 10.0. The van der Waals surface area contributed by atoms with Crippen molar-refractivity contribution in [2.24, 2.45) is 4.99 Å². The summed E-state index contributed by atoms with van der Waals surface area (Å²) in [5.74, 6) is 0. The molecule has 0 aliphatic carbocycles. The average molecular weight is 99.1 g/mol. The molecule has 0 aliphatic rings. The molecule has 0 unspecified atom stereocenters. The minimum atomic E-state index is -0.421. The van der Waals surface area contributed by atoms with E-state index >= 15 is 0 Å². The van der Waals surface area contributed by atoms with Crippen molar-refractivity contribution in [3.05, 3.63) is 6.92 Å². The molecule has 0 aromatic carbocycles. The molecular formula is C4H7N2O+. The number of aliphatic imine (C=N–C) groups is 1. The summed E-state index contributed by atoms with van der Waals surface area (Å²) in [5, 5.41) is 2.32. The van der Waals surface area contributed by atoms with Crippen LogP contribution in [0.15, 0.2) is 4.99 Å². The Bertz CT molecular complexity index is 79.8. The number of nitrogens with zero attached hydrogens (tertiary/aromatic N) is 1. The highest BCUT2D eigenvalue weighted by atomic mass is 16.2. The molecular weight excluding hydrogens is 92.1 g/mol. The van der Waals surface area contributed by atoms with Crippen LogP contribution in [0.1, 0.15) is 0 Å². The van der Waals surface area contributed by atoms with E-state index in [0.717, 1.165) is 0 Å². The van der Waals surface area contributed by atoms with E-state index in [9.17, 15) is 4.79 Å². The Morgan fingerprint density at radius 3 is 2.71 bits per heavy atom. The zero-order chi connectivity index (χ0) is 5.70. The highest BCUT2D eigenvalue weighted by molar-refractivity contribution is 5.78. The van der Waals surface area contributed by atoms with E-state index in [4.69, 9.17) is 0 Å². The molecule has 7 heavy (non-hydrogen) atoms. The number of nitrogens with one attached hydrogen (secondary N) is 1. The second kappa shape index (κ2) is 3.21. The summed E-state index contributed by atoms with van der Waals surface area (Å²) in [6.45, 7) is 6.70. The summed E-state index contributed by atoms with van der Waals surface area (Å²) < 4.78 is 0. The summed E-state index contributed by atoms with van der Waals surface area (Å²) in [6.07, 6.45) is 0. The minimum Gasteiger partial charge on any atom is -0.298 e. The van der Waals surface area contributed by atoms with Crippen molar-refractivity contribution in [1.82, 2.24) is 5.32 Å². The number of hydrogen-bond acceptors (Lipinski definition) is 1. The Labute approximate surface area is 42.4 Å². The van der Waals surface area contributed by atoms with Crippen LogP contribution in [-0.4, -0.2) is 19.3 Å².